The Morgan fingerprint density at radius 1 is 1.18 bits per heavy atom. The van der Waals surface area contributed by atoms with Crippen molar-refractivity contribution in [3.8, 4) is 0 Å². The quantitative estimate of drug-likeness (QED) is 0.637. The molecule has 2 atom stereocenters. The van der Waals surface area contributed by atoms with Crippen molar-refractivity contribution in [3.63, 3.8) is 0 Å². The highest BCUT2D eigenvalue weighted by Crippen LogP contribution is 2.36. The molecule has 2 amide bonds. The Kier molecular flexibility index (Phi) is 6.96. The van der Waals surface area contributed by atoms with E-state index in [0.29, 0.717) is 19.0 Å². The molecule has 0 aromatic carbocycles. The summed E-state index contributed by atoms with van der Waals surface area (Å²) in [6, 6.07) is -0.653. The van der Waals surface area contributed by atoms with Crippen LogP contribution < -0.4 is 16.1 Å². The normalized spacial score (nSPS) is 22.7. The van der Waals surface area contributed by atoms with E-state index in [2.05, 4.69) is 20.6 Å². The molecule has 1 aromatic rings. The van der Waals surface area contributed by atoms with Gasteiger partial charge in [-0.3, -0.25) is 4.79 Å². The number of amides is 2. The minimum atomic E-state index is -0.672. The van der Waals surface area contributed by atoms with Crippen molar-refractivity contribution in [2.45, 2.75) is 90.7 Å². The molecule has 0 bridgehead atoms. The molecule has 2 saturated heterocycles. The molecule has 2 N–H and O–H groups in total. The second-order valence-corrected chi connectivity index (χ2v) is 10.7. The summed E-state index contributed by atoms with van der Waals surface area (Å²) in [6.07, 6.45) is 3.55. The first kappa shape index (κ1) is 25.2. The maximum Gasteiger partial charge on any atom is 0.498 e. The van der Waals surface area contributed by atoms with Crippen LogP contribution >= 0.6 is 0 Å². The van der Waals surface area contributed by atoms with Gasteiger partial charge in [0.15, 0.2) is 0 Å². The fourth-order valence-corrected chi connectivity index (χ4v) is 3.59. The number of hydrogen-bond acceptors (Lipinski definition) is 8. The van der Waals surface area contributed by atoms with Crippen LogP contribution in [-0.4, -0.2) is 76.0 Å². The van der Waals surface area contributed by atoms with Gasteiger partial charge in [0, 0.05) is 37.0 Å². The van der Waals surface area contributed by atoms with Gasteiger partial charge in [-0.15, -0.1) is 0 Å². The second-order valence-electron chi connectivity index (χ2n) is 10.7. The summed E-state index contributed by atoms with van der Waals surface area (Å²) < 4.78 is 17.3. The third-order valence-corrected chi connectivity index (χ3v) is 6.13. The van der Waals surface area contributed by atoms with Crippen LogP contribution in [-0.2, 0) is 18.8 Å². The van der Waals surface area contributed by atoms with Crippen LogP contribution in [0.15, 0.2) is 12.4 Å². The van der Waals surface area contributed by atoms with E-state index < -0.39 is 36.1 Å². The topological polar surface area (TPSA) is 115 Å². The molecule has 10 nitrogen and oxygen atoms in total. The average molecular weight is 461 g/mol. The summed E-state index contributed by atoms with van der Waals surface area (Å²) in [4.78, 5) is 35.2. The predicted octanol–water partition coefficient (Wildman–Crippen LogP) is 1.70. The van der Waals surface area contributed by atoms with Crippen molar-refractivity contribution in [1.82, 2.24) is 20.2 Å². The second kappa shape index (κ2) is 9.10. The van der Waals surface area contributed by atoms with E-state index in [1.165, 1.54) is 0 Å². The van der Waals surface area contributed by atoms with Crippen molar-refractivity contribution in [2.75, 3.05) is 18.4 Å². The maximum atomic E-state index is 12.7. The number of aromatic nitrogens is 2. The molecule has 3 rings (SSSR count). The number of nitrogens with one attached hydrogen (secondary N) is 2. The van der Waals surface area contributed by atoms with E-state index in [9.17, 15) is 9.59 Å². The standard InChI is InChI=1S/C22H36BN5O5/c1-14(26-19(30)31-20(2,3)4)17(29)28-10-9-16(13-28)27-18-24-11-15(12-25-18)23-32-21(5,6)22(7,8)33-23/h11-12,14,16H,9-10,13H2,1-8H3,(H,26,30)(H,24,25,27)/t14?,16-/m0/s1. The van der Waals surface area contributed by atoms with Gasteiger partial charge >= 0.3 is 13.2 Å². The SMILES string of the molecule is CC(NC(=O)OC(C)(C)C)C(=O)N1CC[C@H](Nc2ncc(B3OC(C)(C)C(C)(C)O3)cn2)C1. The molecular weight excluding hydrogens is 425 g/mol. The first-order chi connectivity index (χ1) is 15.2. The summed E-state index contributed by atoms with van der Waals surface area (Å²) in [6.45, 7) is 16.1. The zero-order valence-corrected chi connectivity index (χ0v) is 20.9. The number of alkyl carbamates (subject to hydrolysis) is 1. The molecule has 11 heteroatoms. The van der Waals surface area contributed by atoms with E-state index in [4.69, 9.17) is 14.0 Å². The first-order valence-electron chi connectivity index (χ1n) is 11.4. The van der Waals surface area contributed by atoms with E-state index in [-0.39, 0.29) is 11.9 Å². The lowest BCUT2D eigenvalue weighted by Crippen LogP contribution is -2.47. The Labute approximate surface area is 196 Å². The van der Waals surface area contributed by atoms with Gasteiger partial charge in [-0.1, -0.05) is 0 Å². The van der Waals surface area contributed by atoms with Gasteiger partial charge in [0.1, 0.15) is 11.6 Å². The van der Waals surface area contributed by atoms with Crippen molar-refractivity contribution in [2.24, 2.45) is 0 Å². The van der Waals surface area contributed by atoms with Crippen molar-refractivity contribution < 1.29 is 23.6 Å². The predicted molar refractivity (Wildman–Crippen MR) is 125 cm³/mol. The highest BCUT2D eigenvalue weighted by molar-refractivity contribution is 6.61. The van der Waals surface area contributed by atoms with Crippen LogP contribution in [0.2, 0.25) is 0 Å². The molecule has 2 aliphatic rings. The number of nitrogens with zero attached hydrogens (tertiary/aromatic N) is 3. The lowest BCUT2D eigenvalue weighted by molar-refractivity contribution is -0.132. The summed E-state index contributed by atoms with van der Waals surface area (Å²) >= 11 is 0. The molecule has 0 saturated carbocycles. The van der Waals surface area contributed by atoms with Gasteiger partial charge in [0.25, 0.3) is 0 Å². The van der Waals surface area contributed by atoms with Crippen LogP contribution in [0.1, 0.15) is 61.8 Å². The largest absolute Gasteiger partial charge is 0.498 e. The lowest BCUT2D eigenvalue weighted by Gasteiger charge is -2.32. The smallest absolute Gasteiger partial charge is 0.444 e. The molecule has 0 aliphatic carbocycles. The molecular formula is C22H36BN5O5. The molecule has 33 heavy (non-hydrogen) atoms. The number of hydrogen-bond donors (Lipinski definition) is 2. The van der Waals surface area contributed by atoms with Crippen molar-refractivity contribution >= 4 is 30.5 Å². The Hall–Kier alpha value is -2.40. The van der Waals surface area contributed by atoms with Crippen molar-refractivity contribution in [3.05, 3.63) is 12.4 Å². The highest BCUT2D eigenvalue weighted by atomic mass is 16.7. The number of anilines is 1. The highest BCUT2D eigenvalue weighted by Gasteiger charge is 2.52. The molecule has 182 valence electrons. The molecule has 0 radical (unpaired) electrons. The van der Waals surface area contributed by atoms with Gasteiger partial charge < -0.3 is 29.6 Å². The van der Waals surface area contributed by atoms with E-state index in [0.717, 1.165) is 11.9 Å². The van der Waals surface area contributed by atoms with E-state index >= 15 is 0 Å². The Morgan fingerprint density at radius 2 is 1.76 bits per heavy atom. The summed E-state index contributed by atoms with van der Waals surface area (Å²) in [5.41, 5.74) is -0.717. The monoisotopic (exact) mass is 461 g/mol. The van der Waals surface area contributed by atoms with Crippen molar-refractivity contribution in [1.29, 1.82) is 0 Å². The van der Waals surface area contributed by atoms with Gasteiger partial charge in [0.05, 0.1) is 11.2 Å². The minimum absolute atomic E-state index is 0.0189. The van der Waals surface area contributed by atoms with Crippen LogP contribution in [0.25, 0.3) is 0 Å². The summed E-state index contributed by atoms with van der Waals surface area (Å²) in [5.74, 6) is 0.330. The Balaban J connectivity index is 1.50. The first-order valence-corrected chi connectivity index (χ1v) is 11.4. The Bertz CT molecular complexity index is 855. The number of carbonyl (C=O) groups is 2. The van der Waals surface area contributed by atoms with Crippen LogP contribution in [0.5, 0.6) is 0 Å². The molecule has 1 aromatic heterocycles. The Morgan fingerprint density at radius 3 is 2.30 bits per heavy atom. The third-order valence-electron chi connectivity index (χ3n) is 6.13. The van der Waals surface area contributed by atoms with Crippen LogP contribution in [0.4, 0.5) is 10.7 Å². The molecule has 0 spiro atoms. The zero-order chi connectivity index (χ0) is 24.6. The zero-order valence-electron chi connectivity index (χ0n) is 20.9. The van der Waals surface area contributed by atoms with Gasteiger partial charge in [-0.05, 0) is 61.8 Å². The number of rotatable bonds is 5. The van der Waals surface area contributed by atoms with Gasteiger partial charge in [-0.25, -0.2) is 14.8 Å². The number of carbonyl (C=O) groups excluding carboxylic acids is 2. The van der Waals surface area contributed by atoms with E-state index in [1.807, 2.05) is 27.7 Å². The van der Waals surface area contributed by atoms with Crippen LogP contribution in [0.3, 0.4) is 0 Å². The van der Waals surface area contributed by atoms with Gasteiger partial charge in [-0.2, -0.15) is 0 Å². The van der Waals surface area contributed by atoms with Crippen LogP contribution in [0, 0.1) is 0 Å². The lowest BCUT2D eigenvalue weighted by atomic mass is 9.81. The molecule has 3 heterocycles. The fourth-order valence-electron chi connectivity index (χ4n) is 3.59. The fraction of sp³-hybridized carbons (Fsp3) is 0.727. The summed E-state index contributed by atoms with van der Waals surface area (Å²) in [7, 11) is -0.511. The van der Waals surface area contributed by atoms with Gasteiger partial charge in [0.2, 0.25) is 11.9 Å². The number of likely N-dealkylation sites (tertiary alicyclic amines) is 1. The third kappa shape index (κ3) is 6.14. The molecule has 2 aliphatic heterocycles. The average Bonchev–Trinajstić information content (AvgIpc) is 3.21. The summed E-state index contributed by atoms with van der Waals surface area (Å²) in [5, 5.41) is 5.88. The molecule has 2 fully saturated rings. The maximum absolute atomic E-state index is 12.7. The number of ether oxygens (including phenoxy) is 1. The molecule has 1 unspecified atom stereocenters. The van der Waals surface area contributed by atoms with E-state index in [1.54, 1.807) is 45.0 Å². The minimum Gasteiger partial charge on any atom is -0.444 e.